The second kappa shape index (κ2) is 16.9. The molecule has 12 heteroatoms. The normalized spacial score (nSPS) is 12.7. The van der Waals surface area contributed by atoms with Gasteiger partial charge in [0.05, 0.1) is 24.2 Å². The Bertz CT molecular complexity index is 2240. The summed E-state index contributed by atoms with van der Waals surface area (Å²) in [6.45, 7) is 23.4. The van der Waals surface area contributed by atoms with Crippen molar-refractivity contribution >= 4 is 46.6 Å². The summed E-state index contributed by atoms with van der Waals surface area (Å²) in [6.07, 6.45) is 3.79. The fraction of sp³-hybridized carbons (Fsp3) is 0.409. The van der Waals surface area contributed by atoms with Gasteiger partial charge in [-0.3, -0.25) is 24.1 Å². The predicted molar refractivity (Wildman–Crippen MR) is 223 cm³/mol. The van der Waals surface area contributed by atoms with Crippen molar-refractivity contribution in [1.29, 1.82) is 0 Å². The lowest BCUT2D eigenvalue weighted by atomic mass is 9.96. The largest absolute Gasteiger partial charge is 0.456 e. The molecular formula is C44H56N6O6. The minimum atomic E-state index is -0.116. The zero-order valence-electron chi connectivity index (χ0n) is 34.2. The summed E-state index contributed by atoms with van der Waals surface area (Å²) in [5, 5.41) is 8.81. The Morgan fingerprint density at radius 2 is 1.11 bits per heavy atom. The smallest absolute Gasteiger partial charge is 0.232 e. The molecule has 6 rings (SSSR count). The summed E-state index contributed by atoms with van der Waals surface area (Å²) in [5.74, 6) is 3.43. The maximum atomic E-state index is 12.3. The van der Waals surface area contributed by atoms with Gasteiger partial charge in [-0.15, -0.1) is 0 Å². The third-order valence-electron chi connectivity index (χ3n) is 10.7. The minimum absolute atomic E-state index is 0. The molecule has 4 amide bonds. The highest BCUT2D eigenvalue weighted by Crippen LogP contribution is 2.43. The molecule has 0 atom stereocenters. The lowest BCUT2D eigenvalue weighted by Crippen LogP contribution is -2.21. The lowest BCUT2D eigenvalue weighted by molar-refractivity contribution is -0.119. The molecule has 0 unspecified atom stereocenters. The van der Waals surface area contributed by atoms with E-state index in [1.54, 1.807) is 36.5 Å². The number of fused-ring (bicyclic) bond motifs is 2. The van der Waals surface area contributed by atoms with E-state index < -0.39 is 0 Å². The number of nitrogens with one attached hydrogen (secondary N) is 3. The molecule has 4 heterocycles. The van der Waals surface area contributed by atoms with Crippen LogP contribution < -0.4 is 30.3 Å². The third kappa shape index (κ3) is 8.24. The van der Waals surface area contributed by atoms with Crippen molar-refractivity contribution in [2.24, 2.45) is 11.8 Å². The number of pyridine rings is 2. The third-order valence-corrected chi connectivity index (χ3v) is 10.7. The van der Waals surface area contributed by atoms with Crippen LogP contribution in [0.4, 0.5) is 23.0 Å². The van der Waals surface area contributed by atoms with Crippen molar-refractivity contribution in [2.75, 3.05) is 27.9 Å². The van der Waals surface area contributed by atoms with Crippen LogP contribution in [0.2, 0.25) is 0 Å². The van der Waals surface area contributed by atoms with E-state index in [1.807, 2.05) is 83.1 Å². The predicted octanol–water partition coefficient (Wildman–Crippen LogP) is 9.05. The number of nitrogens with zero attached hydrogens (tertiary/aromatic N) is 3. The average molecular weight is 765 g/mol. The van der Waals surface area contributed by atoms with Crippen LogP contribution >= 0.6 is 0 Å². The van der Waals surface area contributed by atoms with Crippen LogP contribution in [-0.2, 0) is 32.0 Å². The van der Waals surface area contributed by atoms with Gasteiger partial charge in [-0.05, 0) is 101 Å². The van der Waals surface area contributed by atoms with E-state index >= 15 is 0 Å². The molecule has 0 aliphatic carbocycles. The topological polar surface area (TPSA) is 152 Å². The molecule has 0 bridgehead atoms. The molecule has 12 nitrogen and oxygen atoms in total. The second-order valence-corrected chi connectivity index (χ2v) is 15.0. The summed E-state index contributed by atoms with van der Waals surface area (Å²) in [4.78, 5) is 58.4. The first-order valence-corrected chi connectivity index (χ1v) is 18.5. The Morgan fingerprint density at radius 3 is 1.57 bits per heavy atom. The molecule has 0 fully saturated rings. The van der Waals surface area contributed by atoms with E-state index in [4.69, 9.17) is 9.47 Å². The van der Waals surface area contributed by atoms with Gasteiger partial charge in [-0.25, -0.2) is 9.97 Å². The fourth-order valence-corrected chi connectivity index (χ4v) is 6.66. The first kappa shape index (κ1) is 43.0. The quantitative estimate of drug-likeness (QED) is 0.161. The Labute approximate surface area is 330 Å². The highest BCUT2D eigenvalue weighted by atomic mass is 16.5. The van der Waals surface area contributed by atoms with Gasteiger partial charge in [0.2, 0.25) is 23.6 Å². The number of benzene rings is 2. The highest BCUT2D eigenvalue weighted by Gasteiger charge is 2.30. The van der Waals surface area contributed by atoms with Crippen LogP contribution in [0.3, 0.4) is 0 Å². The second-order valence-electron chi connectivity index (χ2n) is 15.0. The van der Waals surface area contributed by atoms with Crippen LogP contribution in [0.5, 0.6) is 23.0 Å². The molecule has 298 valence electrons. The van der Waals surface area contributed by atoms with Crippen molar-refractivity contribution in [3.8, 4) is 23.0 Å². The lowest BCUT2D eigenvalue weighted by Gasteiger charge is -2.22. The molecule has 2 aliphatic heterocycles. The van der Waals surface area contributed by atoms with Gasteiger partial charge in [-0.2, -0.15) is 0 Å². The van der Waals surface area contributed by atoms with Crippen LogP contribution in [0, 0.1) is 67.2 Å². The first-order valence-electron chi connectivity index (χ1n) is 18.5. The number of hydrogen-bond acceptors (Lipinski definition) is 8. The van der Waals surface area contributed by atoms with Crippen molar-refractivity contribution < 1.29 is 28.7 Å². The summed E-state index contributed by atoms with van der Waals surface area (Å²) >= 11 is 0. The Balaban J connectivity index is 0.000000244. The molecule has 56 heavy (non-hydrogen) atoms. The molecule has 0 saturated heterocycles. The number of carbonyl (C=O) groups is 4. The number of rotatable bonds is 8. The van der Waals surface area contributed by atoms with Gasteiger partial charge in [0.15, 0.2) is 0 Å². The van der Waals surface area contributed by atoms with E-state index in [0.29, 0.717) is 34.6 Å². The summed E-state index contributed by atoms with van der Waals surface area (Å²) < 4.78 is 12.6. The number of amides is 4. The monoisotopic (exact) mass is 764 g/mol. The number of hydrogen-bond donors (Lipinski definition) is 3. The first-order chi connectivity index (χ1) is 25.8. The number of ether oxygens (including phenoxy) is 2. The standard InChI is InChI=1S/C22H27N3O3.C21H25N3O3.CH4/c1-11(2)22(27)24-19-13(4)12(3)14(5)20(15(19)6)28-17-8-9-23-21-16(17)10-18(26)25(21)7;1-10(2)21(26)24-18-12(4)11(3)13(5)19(14(18)6)27-16-7-8-22-20-15(16)9-17(25)23-20;/h8-9,11H,10H2,1-7H3,(H,24,27);7-8,10H,9H2,1-6H3,(H,24,26)(H,22,23,25);1H4. The minimum Gasteiger partial charge on any atom is -0.456 e. The van der Waals surface area contributed by atoms with E-state index in [2.05, 4.69) is 25.9 Å². The van der Waals surface area contributed by atoms with Gasteiger partial charge in [0.1, 0.15) is 34.6 Å². The van der Waals surface area contributed by atoms with Gasteiger partial charge in [0, 0.05) is 53.5 Å². The van der Waals surface area contributed by atoms with E-state index in [9.17, 15) is 19.2 Å². The molecule has 0 saturated carbocycles. The fourth-order valence-electron chi connectivity index (χ4n) is 6.66. The van der Waals surface area contributed by atoms with Gasteiger partial charge >= 0.3 is 0 Å². The summed E-state index contributed by atoms with van der Waals surface area (Å²) in [6, 6.07) is 3.55. The highest BCUT2D eigenvalue weighted by molar-refractivity contribution is 6.01. The molecule has 2 aromatic heterocycles. The number of anilines is 4. The van der Waals surface area contributed by atoms with Crippen LogP contribution in [0.1, 0.15) is 90.8 Å². The van der Waals surface area contributed by atoms with Crippen LogP contribution in [0.25, 0.3) is 0 Å². The maximum Gasteiger partial charge on any atom is 0.232 e. The Kier molecular flexibility index (Phi) is 13.0. The van der Waals surface area contributed by atoms with Crippen molar-refractivity contribution in [3.05, 3.63) is 80.2 Å². The molecular weight excluding hydrogens is 709 g/mol. The number of carbonyl (C=O) groups excluding carboxylic acids is 4. The van der Waals surface area contributed by atoms with Crippen molar-refractivity contribution in [1.82, 2.24) is 9.97 Å². The number of likely N-dealkylation sites (N-methyl/N-ethyl adjacent to an activating group) is 1. The van der Waals surface area contributed by atoms with Crippen LogP contribution in [0.15, 0.2) is 24.5 Å². The average Bonchev–Trinajstić information content (AvgIpc) is 3.68. The Hall–Kier alpha value is -5.78. The van der Waals surface area contributed by atoms with E-state index in [0.717, 1.165) is 67.0 Å². The van der Waals surface area contributed by atoms with Gasteiger partial charge in [0.25, 0.3) is 0 Å². The number of aromatic nitrogens is 2. The van der Waals surface area contributed by atoms with E-state index in [-0.39, 0.29) is 55.7 Å². The molecule has 2 aliphatic rings. The SMILES string of the molecule is C.Cc1c(C)c(NC(=O)C(C)C)c(C)c(Oc2ccnc3c2CC(=O)N3)c1C.Cc1c(C)c(NC(=O)C(C)C)c(C)c(Oc2ccnc3c2CC(=O)N3C)c1C. The van der Waals surface area contributed by atoms with Crippen molar-refractivity contribution in [2.45, 2.75) is 103 Å². The van der Waals surface area contributed by atoms with Gasteiger partial charge in [-0.1, -0.05) is 35.1 Å². The van der Waals surface area contributed by atoms with Crippen LogP contribution in [-0.4, -0.2) is 40.6 Å². The Morgan fingerprint density at radius 1 is 0.661 bits per heavy atom. The molecule has 4 aromatic rings. The molecule has 0 radical (unpaired) electrons. The zero-order chi connectivity index (χ0) is 40.6. The molecule has 3 N–H and O–H groups in total. The molecule has 0 spiro atoms. The summed E-state index contributed by atoms with van der Waals surface area (Å²) in [7, 11) is 1.72. The van der Waals surface area contributed by atoms with Crippen molar-refractivity contribution in [3.63, 3.8) is 0 Å². The maximum absolute atomic E-state index is 12.3. The molecule has 2 aromatic carbocycles. The summed E-state index contributed by atoms with van der Waals surface area (Å²) in [5.41, 5.74) is 11.1. The van der Waals surface area contributed by atoms with Gasteiger partial charge < -0.3 is 25.4 Å². The zero-order valence-corrected chi connectivity index (χ0v) is 34.2. The van der Waals surface area contributed by atoms with E-state index in [1.165, 1.54) is 0 Å².